The molecule has 0 saturated carbocycles. The molecule has 7 nitrogen and oxygen atoms in total. The van der Waals surface area contributed by atoms with E-state index >= 15 is 0 Å². The number of hydrogen-bond acceptors (Lipinski definition) is 4. The molecule has 2 N–H and O–H groups in total. The summed E-state index contributed by atoms with van der Waals surface area (Å²) >= 11 is 0. The molecule has 3 amide bonds. The molecule has 1 aliphatic rings. The van der Waals surface area contributed by atoms with Gasteiger partial charge in [-0.05, 0) is 36.2 Å². The summed E-state index contributed by atoms with van der Waals surface area (Å²) in [6.45, 7) is 6.03. The Morgan fingerprint density at radius 1 is 1.10 bits per heavy atom. The van der Waals surface area contributed by atoms with E-state index in [-0.39, 0.29) is 24.9 Å². The van der Waals surface area contributed by atoms with Crippen molar-refractivity contribution >= 4 is 23.3 Å². The number of nitrogens with zero attached hydrogens (tertiary/aromatic N) is 2. The highest BCUT2D eigenvalue weighted by molar-refractivity contribution is 5.92. The summed E-state index contributed by atoms with van der Waals surface area (Å²) in [5.74, 6) is -0.122. The van der Waals surface area contributed by atoms with Crippen molar-refractivity contribution in [1.29, 1.82) is 0 Å². The van der Waals surface area contributed by atoms with Crippen LogP contribution >= 0.6 is 0 Å². The average Bonchev–Trinajstić information content (AvgIpc) is 2.76. The average molecular weight is 411 g/mol. The third-order valence-electron chi connectivity index (χ3n) is 5.10. The maximum atomic E-state index is 12.3. The van der Waals surface area contributed by atoms with Gasteiger partial charge >= 0.3 is 6.03 Å². The Morgan fingerprint density at radius 2 is 1.83 bits per heavy atom. The number of hydrogen-bond donors (Lipinski definition) is 2. The Bertz CT molecular complexity index is 851. The molecule has 0 bridgehead atoms. The van der Waals surface area contributed by atoms with Gasteiger partial charge in [-0.3, -0.25) is 4.79 Å². The number of amides is 3. The second-order valence-electron chi connectivity index (χ2n) is 7.47. The molecule has 160 valence electrons. The second kappa shape index (κ2) is 10.6. The summed E-state index contributed by atoms with van der Waals surface area (Å²) < 4.78 is 5.39. The number of urea groups is 1. The molecule has 0 radical (unpaired) electrons. The summed E-state index contributed by atoms with van der Waals surface area (Å²) in [7, 11) is 1.74. The minimum absolute atomic E-state index is 0.122. The fourth-order valence-corrected chi connectivity index (χ4v) is 3.37. The molecule has 2 aromatic rings. The molecule has 0 unspecified atom stereocenters. The largest absolute Gasteiger partial charge is 0.378 e. The zero-order valence-electron chi connectivity index (χ0n) is 17.7. The van der Waals surface area contributed by atoms with Crippen LogP contribution in [0.4, 0.5) is 16.2 Å². The van der Waals surface area contributed by atoms with E-state index in [1.54, 1.807) is 11.9 Å². The third kappa shape index (κ3) is 6.22. The van der Waals surface area contributed by atoms with Crippen molar-refractivity contribution in [1.82, 2.24) is 10.2 Å². The van der Waals surface area contributed by atoms with E-state index in [0.717, 1.165) is 48.8 Å². The molecule has 1 saturated heterocycles. The molecule has 0 spiro atoms. The van der Waals surface area contributed by atoms with Gasteiger partial charge in [0.05, 0.1) is 13.2 Å². The van der Waals surface area contributed by atoms with E-state index in [4.69, 9.17) is 4.74 Å². The quantitative estimate of drug-likeness (QED) is 0.736. The summed E-state index contributed by atoms with van der Waals surface area (Å²) in [4.78, 5) is 28.4. The molecule has 2 aromatic carbocycles. The SMILES string of the molecule is Cc1cc(N2CCOCC2)ccc1NC(=O)CCNC(=O)N(C)Cc1ccccc1. The van der Waals surface area contributed by atoms with Gasteiger partial charge in [0, 0.05) is 51.0 Å². The van der Waals surface area contributed by atoms with Crippen LogP contribution in [0.1, 0.15) is 17.5 Å². The second-order valence-corrected chi connectivity index (χ2v) is 7.47. The van der Waals surface area contributed by atoms with Crippen LogP contribution in [-0.4, -0.2) is 56.7 Å². The molecular weight excluding hydrogens is 380 g/mol. The molecule has 3 rings (SSSR count). The standard InChI is InChI=1S/C23H30N4O3/c1-18-16-20(27-12-14-30-15-13-27)8-9-21(18)25-22(28)10-11-24-23(29)26(2)17-19-6-4-3-5-7-19/h3-9,16H,10-15,17H2,1-2H3,(H,24,29)(H,25,28). The van der Waals surface area contributed by atoms with E-state index in [9.17, 15) is 9.59 Å². The zero-order chi connectivity index (χ0) is 21.3. The van der Waals surface area contributed by atoms with Crippen LogP contribution in [0, 0.1) is 6.92 Å². The predicted octanol–water partition coefficient (Wildman–Crippen LogP) is 3.00. The maximum absolute atomic E-state index is 12.3. The number of carbonyl (C=O) groups is 2. The van der Waals surface area contributed by atoms with Crippen LogP contribution in [0.3, 0.4) is 0 Å². The third-order valence-corrected chi connectivity index (χ3v) is 5.10. The molecule has 1 aliphatic heterocycles. The topological polar surface area (TPSA) is 73.9 Å². The van der Waals surface area contributed by atoms with Gasteiger partial charge in [0.25, 0.3) is 0 Å². The van der Waals surface area contributed by atoms with E-state index in [1.165, 1.54) is 0 Å². The van der Waals surface area contributed by atoms with Crippen LogP contribution < -0.4 is 15.5 Å². The lowest BCUT2D eigenvalue weighted by molar-refractivity contribution is -0.116. The van der Waals surface area contributed by atoms with Crippen LogP contribution in [-0.2, 0) is 16.1 Å². The molecule has 1 heterocycles. The van der Waals surface area contributed by atoms with E-state index in [2.05, 4.69) is 21.6 Å². The monoisotopic (exact) mass is 410 g/mol. The van der Waals surface area contributed by atoms with Gasteiger partial charge in [-0.25, -0.2) is 4.79 Å². The van der Waals surface area contributed by atoms with Crippen molar-refractivity contribution in [3.05, 3.63) is 59.7 Å². The molecule has 0 aliphatic carbocycles. The minimum Gasteiger partial charge on any atom is -0.378 e. The first-order chi connectivity index (χ1) is 14.5. The lowest BCUT2D eigenvalue weighted by Crippen LogP contribution is -2.38. The summed E-state index contributed by atoms with van der Waals surface area (Å²) in [5.41, 5.74) is 4.01. The number of aryl methyl sites for hydroxylation is 1. The molecule has 30 heavy (non-hydrogen) atoms. The lowest BCUT2D eigenvalue weighted by Gasteiger charge is -2.29. The van der Waals surface area contributed by atoms with Crippen LogP contribution in [0.15, 0.2) is 48.5 Å². The van der Waals surface area contributed by atoms with Gasteiger partial charge in [0.15, 0.2) is 0 Å². The number of benzene rings is 2. The van der Waals surface area contributed by atoms with E-state index < -0.39 is 0 Å². The maximum Gasteiger partial charge on any atom is 0.317 e. The summed E-state index contributed by atoms with van der Waals surface area (Å²) in [6.07, 6.45) is 0.218. The van der Waals surface area contributed by atoms with Crippen molar-refractivity contribution in [2.75, 3.05) is 50.1 Å². The van der Waals surface area contributed by atoms with Crippen molar-refractivity contribution in [2.24, 2.45) is 0 Å². The number of carbonyl (C=O) groups excluding carboxylic acids is 2. The van der Waals surface area contributed by atoms with Crippen molar-refractivity contribution in [3.8, 4) is 0 Å². The number of anilines is 2. The Morgan fingerprint density at radius 3 is 2.53 bits per heavy atom. The van der Waals surface area contributed by atoms with Crippen molar-refractivity contribution in [3.63, 3.8) is 0 Å². The first-order valence-corrected chi connectivity index (χ1v) is 10.3. The van der Waals surface area contributed by atoms with Gasteiger partial charge < -0.3 is 25.2 Å². The Balaban J connectivity index is 1.42. The Labute approximate surface area is 178 Å². The number of morpholine rings is 1. The van der Waals surface area contributed by atoms with Crippen molar-refractivity contribution < 1.29 is 14.3 Å². The van der Waals surface area contributed by atoms with Gasteiger partial charge in [-0.1, -0.05) is 30.3 Å². The zero-order valence-corrected chi connectivity index (χ0v) is 17.7. The molecule has 1 fully saturated rings. The summed E-state index contributed by atoms with van der Waals surface area (Å²) in [6, 6.07) is 15.6. The molecule has 0 aromatic heterocycles. The van der Waals surface area contributed by atoms with Gasteiger partial charge in [-0.15, -0.1) is 0 Å². The molecular formula is C23H30N4O3. The van der Waals surface area contributed by atoms with E-state index in [0.29, 0.717) is 6.54 Å². The van der Waals surface area contributed by atoms with Crippen LogP contribution in [0.5, 0.6) is 0 Å². The first-order valence-electron chi connectivity index (χ1n) is 10.3. The summed E-state index contributed by atoms with van der Waals surface area (Å²) in [5, 5.41) is 5.73. The highest BCUT2D eigenvalue weighted by Gasteiger charge is 2.13. The highest BCUT2D eigenvalue weighted by Crippen LogP contribution is 2.23. The fraction of sp³-hybridized carbons (Fsp3) is 0.391. The number of nitrogens with one attached hydrogen (secondary N) is 2. The lowest BCUT2D eigenvalue weighted by atomic mass is 10.1. The Kier molecular flexibility index (Phi) is 7.68. The number of rotatable bonds is 7. The van der Waals surface area contributed by atoms with Crippen LogP contribution in [0.2, 0.25) is 0 Å². The Hall–Kier alpha value is -3.06. The van der Waals surface area contributed by atoms with Gasteiger partial charge in [0.1, 0.15) is 0 Å². The minimum atomic E-state index is -0.197. The number of ether oxygens (including phenoxy) is 1. The van der Waals surface area contributed by atoms with E-state index in [1.807, 2.05) is 49.4 Å². The molecule has 7 heteroatoms. The predicted molar refractivity (Wildman–Crippen MR) is 119 cm³/mol. The first kappa shape index (κ1) is 21.6. The fourth-order valence-electron chi connectivity index (χ4n) is 3.37. The highest BCUT2D eigenvalue weighted by atomic mass is 16.5. The normalized spacial score (nSPS) is 13.6. The van der Waals surface area contributed by atoms with Crippen LogP contribution in [0.25, 0.3) is 0 Å². The smallest absolute Gasteiger partial charge is 0.317 e. The van der Waals surface area contributed by atoms with Gasteiger partial charge in [0.2, 0.25) is 5.91 Å². The molecule has 0 atom stereocenters. The van der Waals surface area contributed by atoms with Gasteiger partial charge in [-0.2, -0.15) is 0 Å². The van der Waals surface area contributed by atoms with Crippen molar-refractivity contribution in [2.45, 2.75) is 19.9 Å².